The van der Waals surface area contributed by atoms with Gasteiger partial charge in [-0.3, -0.25) is 0 Å². The van der Waals surface area contributed by atoms with Crippen LogP contribution in [0.4, 0.5) is 34.1 Å². The maximum Gasteiger partial charge on any atom is 0.135 e. The number of furan rings is 1. The molecule has 0 N–H and O–H groups in total. The summed E-state index contributed by atoms with van der Waals surface area (Å²) in [5.41, 5.74) is 22.4. The zero-order valence-corrected chi connectivity index (χ0v) is 52.8. The van der Waals surface area contributed by atoms with Crippen LogP contribution in [0.2, 0.25) is 0 Å². The molecule has 0 aliphatic heterocycles. The Morgan fingerprint density at radius 3 is 1.10 bits per heavy atom. The molecule has 0 radical (unpaired) electrons. The summed E-state index contributed by atoms with van der Waals surface area (Å²) in [5.74, 6) is 0. The Morgan fingerprint density at radius 2 is 0.625 bits per heavy atom. The molecule has 3 aromatic heterocycles. The number of anilines is 6. The van der Waals surface area contributed by atoms with Crippen LogP contribution in [-0.4, -0.2) is 4.40 Å². The van der Waals surface area contributed by atoms with Gasteiger partial charge in [-0.25, -0.2) is 0 Å². The standard InChI is InChI=1S/C84H75N3O/c1-81(2,3)60-23-34-65(35-24-60)85(66-36-25-61(26-37-66)82(4,5)6)64-31-19-52(20-32-64)53-17-18-54-45-71-74-48-59(56-22-42-79-73(47-56)70-15-13-14-16-78(70)88-79)49-75-72-46-55-21-33-69(44-58(55)51-77(72)87(80(74)75)76(71)50-57(54)43-53)86(67-38-27-62(28-39-67)83(7,8)9)68-40-29-63(30-41-68)84(10,11)12/h13-51H,1-12H3. The minimum Gasteiger partial charge on any atom is -0.456 e. The predicted octanol–water partition coefficient (Wildman–Crippen LogP) is 24.5. The third-order valence-electron chi connectivity index (χ3n) is 18.7. The van der Waals surface area contributed by atoms with Gasteiger partial charge < -0.3 is 18.6 Å². The van der Waals surface area contributed by atoms with Gasteiger partial charge in [0.1, 0.15) is 11.2 Å². The van der Waals surface area contributed by atoms with Crippen molar-refractivity contribution in [2.24, 2.45) is 0 Å². The van der Waals surface area contributed by atoms with Crippen LogP contribution >= 0.6 is 0 Å². The van der Waals surface area contributed by atoms with Gasteiger partial charge in [-0.2, -0.15) is 0 Å². The second kappa shape index (κ2) is 20.0. The largest absolute Gasteiger partial charge is 0.456 e. The molecule has 0 saturated carbocycles. The van der Waals surface area contributed by atoms with E-state index in [1.54, 1.807) is 0 Å². The van der Waals surface area contributed by atoms with Crippen molar-refractivity contribution in [1.29, 1.82) is 0 Å². The fourth-order valence-corrected chi connectivity index (χ4v) is 13.5. The van der Waals surface area contributed by atoms with Crippen LogP contribution in [0.3, 0.4) is 0 Å². The third kappa shape index (κ3) is 9.44. The topological polar surface area (TPSA) is 24.0 Å². The summed E-state index contributed by atoms with van der Waals surface area (Å²) in [7, 11) is 0. The summed E-state index contributed by atoms with van der Waals surface area (Å²) in [5, 5.41) is 12.0. The number of para-hydroxylation sites is 1. The number of nitrogens with zero attached hydrogens (tertiary/aromatic N) is 3. The Morgan fingerprint density at radius 1 is 0.261 bits per heavy atom. The van der Waals surface area contributed by atoms with Crippen molar-refractivity contribution < 1.29 is 4.42 Å². The van der Waals surface area contributed by atoms with Gasteiger partial charge in [0, 0.05) is 66.4 Å². The number of hydrogen-bond acceptors (Lipinski definition) is 3. The minimum absolute atomic E-state index is 0.0424. The molecule has 0 saturated heterocycles. The molecule has 0 aliphatic rings. The summed E-state index contributed by atoms with van der Waals surface area (Å²) < 4.78 is 8.91. The molecule has 0 spiro atoms. The first-order chi connectivity index (χ1) is 42.1. The smallest absolute Gasteiger partial charge is 0.135 e. The molecule has 0 aliphatic carbocycles. The highest BCUT2D eigenvalue weighted by atomic mass is 16.3. The van der Waals surface area contributed by atoms with E-state index in [2.05, 4.69) is 328 Å². The Labute approximate surface area is 517 Å². The van der Waals surface area contributed by atoms with Gasteiger partial charge >= 0.3 is 0 Å². The zero-order chi connectivity index (χ0) is 60.8. The predicted molar refractivity (Wildman–Crippen MR) is 378 cm³/mol. The van der Waals surface area contributed by atoms with Gasteiger partial charge in [-0.1, -0.05) is 186 Å². The molecule has 15 rings (SSSR count). The van der Waals surface area contributed by atoms with Crippen LogP contribution in [0.25, 0.3) is 104 Å². The molecule has 0 atom stereocenters. The van der Waals surface area contributed by atoms with Crippen LogP contribution in [0.1, 0.15) is 105 Å². The van der Waals surface area contributed by atoms with Crippen LogP contribution in [0.15, 0.2) is 241 Å². The lowest BCUT2D eigenvalue weighted by molar-refractivity contribution is 0.590. The Kier molecular flexibility index (Phi) is 12.5. The van der Waals surface area contributed by atoms with Gasteiger partial charge in [0.2, 0.25) is 0 Å². The molecule has 4 heteroatoms. The molecule has 0 bridgehead atoms. The van der Waals surface area contributed by atoms with Gasteiger partial charge in [0.15, 0.2) is 0 Å². The van der Waals surface area contributed by atoms with Crippen molar-refractivity contribution >= 4 is 116 Å². The van der Waals surface area contributed by atoms with Crippen LogP contribution in [0, 0.1) is 0 Å². The number of aromatic nitrogens is 1. The van der Waals surface area contributed by atoms with E-state index >= 15 is 0 Å². The molecule has 15 aromatic rings. The maximum absolute atomic E-state index is 6.35. The summed E-state index contributed by atoms with van der Waals surface area (Å²) in [6.45, 7) is 27.3. The molecule has 432 valence electrons. The van der Waals surface area contributed by atoms with Crippen molar-refractivity contribution in [2.45, 2.75) is 105 Å². The van der Waals surface area contributed by atoms with Crippen molar-refractivity contribution in [1.82, 2.24) is 4.40 Å². The highest BCUT2D eigenvalue weighted by Crippen LogP contribution is 2.47. The SMILES string of the molecule is CC(C)(C)c1ccc(N(c2ccc(-c3ccc4cc5c6cc(-c7ccc8oc9ccccc9c8c7)cc7c8cc9ccc(N(c%10ccc(C(C)(C)C)cc%10)c%10ccc(C(C)(C)C)cc%10)cc9cc8n(c5cc4c3)c67)cc2)c2ccc(C(C)(C)C)cc2)cc1. The molecule has 0 amide bonds. The second-order valence-corrected chi connectivity index (χ2v) is 28.8. The second-order valence-electron chi connectivity index (χ2n) is 28.8. The summed E-state index contributed by atoms with van der Waals surface area (Å²) in [6, 6.07) is 89.4. The molecule has 3 heterocycles. The Bertz CT molecular complexity index is 5070. The van der Waals surface area contributed by atoms with Gasteiger partial charge in [0.25, 0.3) is 0 Å². The number of fused-ring (bicyclic) bond motifs is 11. The molecule has 4 nitrogen and oxygen atoms in total. The fourth-order valence-electron chi connectivity index (χ4n) is 13.5. The average Bonchev–Trinajstić information content (AvgIpc) is 1.55. The quantitative estimate of drug-likeness (QED) is 0.152. The van der Waals surface area contributed by atoms with Gasteiger partial charge in [-0.15, -0.1) is 0 Å². The summed E-state index contributed by atoms with van der Waals surface area (Å²) >= 11 is 0. The van der Waals surface area contributed by atoms with Crippen LogP contribution in [-0.2, 0) is 21.7 Å². The highest BCUT2D eigenvalue weighted by molar-refractivity contribution is 6.27. The summed E-state index contributed by atoms with van der Waals surface area (Å²) in [4.78, 5) is 4.80. The minimum atomic E-state index is 0.0424. The first kappa shape index (κ1) is 55.0. The van der Waals surface area contributed by atoms with E-state index in [1.165, 1.54) is 104 Å². The van der Waals surface area contributed by atoms with Gasteiger partial charge in [-0.05, 0) is 221 Å². The van der Waals surface area contributed by atoms with E-state index in [1.807, 2.05) is 6.07 Å². The lowest BCUT2D eigenvalue weighted by Gasteiger charge is -2.28. The normalized spacial score (nSPS) is 12.8. The van der Waals surface area contributed by atoms with E-state index in [9.17, 15) is 0 Å². The lowest BCUT2D eigenvalue weighted by atomic mass is 9.86. The number of rotatable bonds is 8. The number of benzene rings is 12. The van der Waals surface area contributed by atoms with E-state index < -0.39 is 0 Å². The Hall–Kier alpha value is -9.64. The first-order valence-corrected chi connectivity index (χ1v) is 31.3. The van der Waals surface area contributed by atoms with E-state index in [4.69, 9.17) is 4.42 Å². The first-order valence-electron chi connectivity index (χ1n) is 31.3. The van der Waals surface area contributed by atoms with Crippen LogP contribution in [0.5, 0.6) is 0 Å². The molecule has 88 heavy (non-hydrogen) atoms. The highest BCUT2D eigenvalue weighted by Gasteiger charge is 2.25. The van der Waals surface area contributed by atoms with Gasteiger partial charge in [0.05, 0.1) is 16.6 Å². The summed E-state index contributed by atoms with van der Waals surface area (Å²) in [6.07, 6.45) is 0. The van der Waals surface area contributed by atoms with Crippen molar-refractivity contribution in [3.8, 4) is 22.3 Å². The Balaban J connectivity index is 0.887. The van der Waals surface area contributed by atoms with Crippen molar-refractivity contribution in [2.75, 3.05) is 9.80 Å². The van der Waals surface area contributed by atoms with Crippen molar-refractivity contribution in [3.05, 3.63) is 259 Å². The molecular weight excluding hydrogens is 1070 g/mol. The maximum atomic E-state index is 6.35. The lowest BCUT2D eigenvalue weighted by Crippen LogP contribution is -2.14. The monoisotopic (exact) mass is 1140 g/mol. The molecular formula is C84H75N3O. The number of hydrogen-bond donors (Lipinski definition) is 0. The van der Waals surface area contributed by atoms with Crippen LogP contribution < -0.4 is 9.80 Å². The molecule has 0 unspecified atom stereocenters. The average molecular weight is 1140 g/mol. The van der Waals surface area contributed by atoms with E-state index in [-0.39, 0.29) is 21.7 Å². The van der Waals surface area contributed by atoms with E-state index in [0.29, 0.717) is 0 Å². The van der Waals surface area contributed by atoms with Crippen molar-refractivity contribution in [3.63, 3.8) is 0 Å². The van der Waals surface area contributed by atoms with E-state index in [0.717, 1.165) is 56.1 Å². The fraction of sp³-hybridized carbons (Fsp3) is 0.190. The molecule has 0 fully saturated rings. The third-order valence-corrected chi connectivity index (χ3v) is 18.7. The molecule has 12 aromatic carbocycles. The zero-order valence-electron chi connectivity index (χ0n) is 52.8.